The number of benzene rings is 1. The zero-order chi connectivity index (χ0) is 13.1. The minimum absolute atomic E-state index is 0.103. The molecule has 0 aliphatic heterocycles. The van der Waals surface area contributed by atoms with Crippen LogP contribution in [0.25, 0.3) is 0 Å². The highest BCUT2D eigenvalue weighted by molar-refractivity contribution is 6.31. The van der Waals surface area contributed by atoms with Crippen molar-refractivity contribution >= 4 is 11.6 Å². The maximum absolute atomic E-state index is 9.25. The van der Waals surface area contributed by atoms with E-state index in [9.17, 15) is 5.11 Å². The van der Waals surface area contributed by atoms with Crippen LogP contribution in [0, 0.1) is 0 Å². The standard InChI is InChI=1S/C13H16ClN3O/c1-9(2)17-12(15-16-13(17)8-18)7-10-5-3-4-6-11(10)14/h3-6,9,18H,7-8H2,1-2H3. The second kappa shape index (κ2) is 5.50. The number of hydrogen-bond donors (Lipinski definition) is 1. The Morgan fingerprint density at radius 1 is 1.22 bits per heavy atom. The Morgan fingerprint density at radius 2 is 1.89 bits per heavy atom. The van der Waals surface area contributed by atoms with Crippen molar-refractivity contribution in [2.45, 2.75) is 32.9 Å². The van der Waals surface area contributed by atoms with Crippen LogP contribution in [-0.2, 0) is 13.0 Å². The van der Waals surface area contributed by atoms with Gasteiger partial charge in [-0.3, -0.25) is 0 Å². The summed E-state index contributed by atoms with van der Waals surface area (Å²) in [6, 6.07) is 7.89. The minimum atomic E-state index is -0.103. The molecule has 0 amide bonds. The van der Waals surface area contributed by atoms with Crippen LogP contribution >= 0.6 is 11.6 Å². The lowest BCUT2D eigenvalue weighted by molar-refractivity contribution is 0.261. The summed E-state index contributed by atoms with van der Waals surface area (Å²) in [6.45, 7) is 3.98. The van der Waals surface area contributed by atoms with E-state index >= 15 is 0 Å². The van der Waals surface area contributed by atoms with Crippen molar-refractivity contribution in [2.24, 2.45) is 0 Å². The molecule has 2 aromatic rings. The predicted octanol–water partition coefficient (Wildman–Crippen LogP) is 2.60. The third kappa shape index (κ3) is 2.54. The van der Waals surface area contributed by atoms with E-state index in [4.69, 9.17) is 11.6 Å². The molecule has 2 rings (SSSR count). The van der Waals surface area contributed by atoms with Crippen molar-refractivity contribution in [3.63, 3.8) is 0 Å². The van der Waals surface area contributed by atoms with Crippen molar-refractivity contribution in [2.75, 3.05) is 0 Å². The Morgan fingerprint density at radius 3 is 2.50 bits per heavy atom. The second-order valence-electron chi connectivity index (χ2n) is 4.42. The summed E-state index contributed by atoms with van der Waals surface area (Å²) in [5.41, 5.74) is 1.01. The van der Waals surface area contributed by atoms with Gasteiger partial charge < -0.3 is 9.67 Å². The van der Waals surface area contributed by atoms with Crippen LogP contribution < -0.4 is 0 Å². The molecule has 1 N–H and O–H groups in total. The van der Waals surface area contributed by atoms with Crippen molar-refractivity contribution in [1.82, 2.24) is 14.8 Å². The molecule has 1 aromatic heterocycles. The molecule has 4 nitrogen and oxygen atoms in total. The molecule has 1 heterocycles. The number of halogens is 1. The van der Waals surface area contributed by atoms with Gasteiger partial charge in [-0.25, -0.2) is 0 Å². The highest BCUT2D eigenvalue weighted by Crippen LogP contribution is 2.20. The molecule has 18 heavy (non-hydrogen) atoms. The Balaban J connectivity index is 2.35. The zero-order valence-electron chi connectivity index (χ0n) is 10.5. The van der Waals surface area contributed by atoms with Gasteiger partial charge in [0.25, 0.3) is 0 Å². The third-order valence-corrected chi connectivity index (χ3v) is 3.17. The molecule has 0 saturated carbocycles. The number of rotatable bonds is 4. The fourth-order valence-corrected chi connectivity index (χ4v) is 2.20. The Bertz CT molecular complexity index is 537. The second-order valence-corrected chi connectivity index (χ2v) is 4.83. The van der Waals surface area contributed by atoms with E-state index in [2.05, 4.69) is 10.2 Å². The van der Waals surface area contributed by atoms with Crippen LogP contribution in [0.3, 0.4) is 0 Å². The van der Waals surface area contributed by atoms with Gasteiger partial charge in [-0.2, -0.15) is 0 Å². The SMILES string of the molecule is CC(C)n1c(CO)nnc1Cc1ccccc1Cl. The van der Waals surface area contributed by atoms with E-state index in [1.807, 2.05) is 42.7 Å². The minimum Gasteiger partial charge on any atom is -0.388 e. The first kappa shape index (κ1) is 13.1. The van der Waals surface area contributed by atoms with Crippen LogP contribution in [0.15, 0.2) is 24.3 Å². The highest BCUT2D eigenvalue weighted by atomic mass is 35.5. The van der Waals surface area contributed by atoms with Crippen molar-refractivity contribution in [1.29, 1.82) is 0 Å². The lowest BCUT2D eigenvalue weighted by atomic mass is 10.1. The van der Waals surface area contributed by atoms with E-state index in [1.165, 1.54) is 0 Å². The number of aliphatic hydroxyl groups excluding tert-OH is 1. The van der Waals surface area contributed by atoms with Gasteiger partial charge in [-0.15, -0.1) is 10.2 Å². The fraction of sp³-hybridized carbons (Fsp3) is 0.385. The van der Waals surface area contributed by atoms with Gasteiger partial charge in [0.15, 0.2) is 5.82 Å². The summed E-state index contributed by atoms with van der Waals surface area (Å²) >= 11 is 6.14. The molecule has 0 aliphatic carbocycles. The normalized spacial score (nSPS) is 11.2. The smallest absolute Gasteiger partial charge is 0.159 e. The van der Waals surface area contributed by atoms with Crippen LogP contribution in [0.4, 0.5) is 0 Å². The van der Waals surface area contributed by atoms with Gasteiger partial charge in [0.1, 0.15) is 12.4 Å². The van der Waals surface area contributed by atoms with Crippen LogP contribution in [0.2, 0.25) is 5.02 Å². The lowest BCUT2D eigenvalue weighted by Gasteiger charge is -2.13. The van der Waals surface area contributed by atoms with Crippen LogP contribution in [0.1, 0.15) is 37.1 Å². The average Bonchev–Trinajstić information content (AvgIpc) is 2.75. The molecular formula is C13H16ClN3O. The molecular weight excluding hydrogens is 250 g/mol. The summed E-state index contributed by atoms with van der Waals surface area (Å²) in [5, 5.41) is 18.1. The maximum Gasteiger partial charge on any atom is 0.159 e. The first-order valence-corrected chi connectivity index (χ1v) is 6.28. The van der Waals surface area contributed by atoms with E-state index in [-0.39, 0.29) is 12.6 Å². The van der Waals surface area contributed by atoms with Gasteiger partial charge in [0, 0.05) is 17.5 Å². The number of hydrogen-bond acceptors (Lipinski definition) is 3. The van der Waals surface area contributed by atoms with Crippen LogP contribution in [-0.4, -0.2) is 19.9 Å². The molecule has 0 spiro atoms. The summed E-state index contributed by atoms with van der Waals surface area (Å²) in [5.74, 6) is 1.41. The molecule has 0 aliphatic rings. The average molecular weight is 266 g/mol. The van der Waals surface area contributed by atoms with Crippen molar-refractivity contribution in [3.05, 3.63) is 46.5 Å². The molecule has 5 heteroatoms. The molecule has 1 aromatic carbocycles. The molecule has 0 radical (unpaired) electrons. The van der Waals surface area contributed by atoms with E-state index in [1.54, 1.807) is 0 Å². The first-order valence-electron chi connectivity index (χ1n) is 5.90. The monoisotopic (exact) mass is 265 g/mol. The van der Waals surface area contributed by atoms with Crippen molar-refractivity contribution < 1.29 is 5.11 Å². The predicted molar refractivity (Wildman–Crippen MR) is 70.6 cm³/mol. The number of nitrogens with zero attached hydrogens (tertiary/aromatic N) is 3. The Kier molecular flexibility index (Phi) is 3.99. The summed E-state index contributed by atoms with van der Waals surface area (Å²) in [4.78, 5) is 0. The number of aliphatic hydroxyl groups is 1. The largest absolute Gasteiger partial charge is 0.388 e. The van der Waals surface area contributed by atoms with Gasteiger partial charge in [0.05, 0.1) is 0 Å². The number of aromatic nitrogens is 3. The zero-order valence-corrected chi connectivity index (χ0v) is 11.2. The van der Waals surface area contributed by atoms with Gasteiger partial charge >= 0.3 is 0 Å². The maximum atomic E-state index is 9.25. The Labute approximate surface area is 111 Å². The highest BCUT2D eigenvalue weighted by Gasteiger charge is 2.15. The molecule has 0 fully saturated rings. The lowest BCUT2D eigenvalue weighted by Crippen LogP contribution is -2.11. The van der Waals surface area contributed by atoms with Gasteiger partial charge in [0.2, 0.25) is 0 Å². The summed E-state index contributed by atoms with van der Waals surface area (Å²) in [7, 11) is 0. The fourth-order valence-electron chi connectivity index (χ4n) is 2.00. The van der Waals surface area contributed by atoms with E-state index < -0.39 is 0 Å². The third-order valence-electron chi connectivity index (χ3n) is 2.80. The molecule has 0 unspecified atom stereocenters. The molecule has 96 valence electrons. The molecule has 0 saturated heterocycles. The first-order chi connectivity index (χ1) is 8.63. The quantitative estimate of drug-likeness (QED) is 0.924. The van der Waals surface area contributed by atoms with Crippen LogP contribution in [0.5, 0.6) is 0 Å². The van der Waals surface area contributed by atoms with Crippen molar-refractivity contribution in [3.8, 4) is 0 Å². The Hall–Kier alpha value is -1.39. The van der Waals surface area contributed by atoms with E-state index in [0.717, 1.165) is 16.4 Å². The van der Waals surface area contributed by atoms with Gasteiger partial charge in [-0.05, 0) is 25.5 Å². The van der Waals surface area contributed by atoms with Gasteiger partial charge in [-0.1, -0.05) is 29.8 Å². The molecule has 0 bridgehead atoms. The topological polar surface area (TPSA) is 50.9 Å². The summed E-state index contributed by atoms with van der Waals surface area (Å²) in [6.07, 6.45) is 0.616. The molecule has 0 atom stereocenters. The summed E-state index contributed by atoms with van der Waals surface area (Å²) < 4.78 is 1.95. The van der Waals surface area contributed by atoms with E-state index in [0.29, 0.717) is 12.2 Å².